The van der Waals surface area contributed by atoms with Gasteiger partial charge in [0.05, 0.1) is 0 Å². The molecular formula is C11H20N2O3. The van der Waals surface area contributed by atoms with Gasteiger partial charge in [-0.1, -0.05) is 6.92 Å². The van der Waals surface area contributed by atoms with Gasteiger partial charge >= 0.3 is 12.0 Å². The third-order valence-corrected chi connectivity index (χ3v) is 2.86. The minimum Gasteiger partial charge on any atom is -0.481 e. The van der Waals surface area contributed by atoms with Crippen molar-refractivity contribution in [2.75, 3.05) is 13.1 Å². The Hall–Kier alpha value is -1.26. The number of amides is 2. The molecule has 1 aliphatic rings. The standard InChI is InChI=1S/C11H20N2O3/c1-8(9-4-5-9)7-13-11(16)12-6-2-3-10(14)15/h8-9H,2-7H2,1H3,(H,14,15)(H2,12,13,16). The molecule has 1 saturated carbocycles. The van der Waals surface area contributed by atoms with Crippen LogP contribution in [0.1, 0.15) is 32.6 Å². The summed E-state index contributed by atoms with van der Waals surface area (Å²) >= 11 is 0. The Morgan fingerprint density at radius 3 is 2.62 bits per heavy atom. The summed E-state index contributed by atoms with van der Waals surface area (Å²) in [5.41, 5.74) is 0. The molecule has 0 aromatic carbocycles. The van der Waals surface area contributed by atoms with Crippen molar-refractivity contribution in [3.05, 3.63) is 0 Å². The van der Waals surface area contributed by atoms with Crippen LogP contribution < -0.4 is 10.6 Å². The van der Waals surface area contributed by atoms with E-state index in [9.17, 15) is 9.59 Å². The summed E-state index contributed by atoms with van der Waals surface area (Å²) in [7, 11) is 0. The van der Waals surface area contributed by atoms with E-state index in [1.54, 1.807) is 0 Å². The van der Waals surface area contributed by atoms with Gasteiger partial charge in [0.1, 0.15) is 0 Å². The normalized spacial score (nSPS) is 16.6. The quantitative estimate of drug-likeness (QED) is 0.573. The second-order valence-electron chi connectivity index (χ2n) is 4.45. The molecule has 0 spiro atoms. The van der Waals surface area contributed by atoms with Crippen LogP contribution in [0, 0.1) is 11.8 Å². The molecule has 3 N–H and O–H groups in total. The number of nitrogens with one attached hydrogen (secondary N) is 2. The van der Waals surface area contributed by atoms with Gasteiger partial charge in [-0.2, -0.15) is 0 Å². The second-order valence-corrected chi connectivity index (χ2v) is 4.45. The second kappa shape index (κ2) is 6.35. The first-order valence-corrected chi connectivity index (χ1v) is 5.83. The number of rotatable bonds is 7. The van der Waals surface area contributed by atoms with Crippen LogP contribution in [0.5, 0.6) is 0 Å². The van der Waals surface area contributed by atoms with Gasteiger partial charge in [-0.25, -0.2) is 4.79 Å². The van der Waals surface area contributed by atoms with E-state index in [1.807, 2.05) is 0 Å². The summed E-state index contributed by atoms with van der Waals surface area (Å²) in [6, 6.07) is -0.196. The van der Waals surface area contributed by atoms with Crippen molar-refractivity contribution >= 4 is 12.0 Å². The molecule has 0 radical (unpaired) electrons. The molecule has 92 valence electrons. The fraction of sp³-hybridized carbons (Fsp3) is 0.818. The summed E-state index contributed by atoms with van der Waals surface area (Å²) < 4.78 is 0. The molecule has 1 atom stereocenters. The van der Waals surface area contributed by atoms with Gasteiger partial charge in [0.15, 0.2) is 0 Å². The molecule has 0 aromatic heterocycles. The third-order valence-electron chi connectivity index (χ3n) is 2.86. The lowest BCUT2D eigenvalue weighted by atomic mass is 10.1. The summed E-state index contributed by atoms with van der Waals surface area (Å²) in [6.45, 7) is 3.26. The lowest BCUT2D eigenvalue weighted by molar-refractivity contribution is -0.137. The average Bonchev–Trinajstić information content (AvgIpc) is 3.04. The van der Waals surface area contributed by atoms with Gasteiger partial charge in [0.2, 0.25) is 0 Å². The molecule has 5 heteroatoms. The summed E-state index contributed by atoms with van der Waals surface area (Å²) in [6.07, 6.45) is 3.13. The highest BCUT2D eigenvalue weighted by atomic mass is 16.4. The molecule has 1 unspecified atom stereocenters. The van der Waals surface area contributed by atoms with Crippen LogP contribution in [0.25, 0.3) is 0 Å². The Morgan fingerprint density at radius 1 is 1.38 bits per heavy atom. The van der Waals surface area contributed by atoms with E-state index in [0.717, 1.165) is 5.92 Å². The number of carboxylic acids is 1. The minimum atomic E-state index is -0.829. The van der Waals surface area contributed by atoms with Crippen LogP contribution in [0.2, 0.25) is 0 Å². The first-order chi connectivity index (χ1) is 7.59. The Bertz CT molecular complexity index is 252. The van der Waals surface area contributed by atoms with Crippen molar-refractivity contribution in [1.29, 1.82) is 0 Å². The Balaban J connectivity index is 1.95. The maximum atomic E-state index is 11.3. The van der Waals surface area contributed by atoms with Gasteiger partial charge in [0, 0.05) is 19.5 Å². The van der Waals surface area contributed by atoms with Crippen LogP contribution in [0.15, 0.2) is 0 Å². The topological polar surface area (TPSA) is 78.4 Å². The fourth-order valence-electron chi connectivity index (χ4n) is 1.59. The van der Waals surface area contributed by atoms with Crippen molar-refractivity contribution in [1.82, 2.24) is 10.6 Å². The van der Waals surface area contributed by atoms with Crippen LogP contribution in [0.4, 0.5) is 4.79 Å². The SMILES string of the molecule is CC(CNC(=O)NCCCC(=O)O)C1CC1. The van der Waals surface area contributed by atoms with E-state index in [0.29, 0.717) is 25.4 Å². The molecule has 0 bridgehead atoms. The van der Waals surface area contributed by atoms with Gasteiger partial charge in [0.25, 0.3) is 0 Å². The number of urea groups is 1. The molecule has 1 aliphatic carbocycles. The number of aliphatic carboxylic acids is 1. The molecule has 0 heterocycles. The van der Waals surface area contributed by atoms with Crippen LogP contribution in [-0.4, -0.2) is 30.2 Å². The van der Waals surface area contributed by atoms with Gasteiger partial charge in [-0.3, -0.25) is 4.79 Å². The molecular weight excluding hydrogens is 208 g/mol. The zero-order chi connectivity index (χ0) is 12.0. The maximum absolute atomic E-state index is 11.3. The summed E-state index contributed by atoms with van der Waals surface area (Å²) in [5, 5.41) is 13.8. The minimum absolute atomic E-state index is 0.0960. The lowest BCUT2D eigenvalue weighted by Gasteiger charge is -2.11. The smallest absolute Gasteiger partial charge is 0.314 e. The number of hydrogen-bond acceptors (Lipinski definition) is 2. The molecule has 1 fully saturated rings. The number of carboxylic acid groups (broad SMARTS) is 1. The highest BCUT2D eigenvalue weighted by Gasteiger charge is 2.27. The molecule has 0 aromatic rings. The van der Waals surface area contributed by atoms with Crippen LogP contribution >= 0.6 is 0 Å². The molecule has 16 heavy (non-hydrogen) atoms. The predicted octanol–water partition coefficient (Wildman–Crippen LogP) is 1.20. The maximum Gasteiger partial charge on any atom is 0.314 e. The Labute approximate surface area is 95.6 Å². The Kier molecular flexibility index (Phi) is 5.08. The van der Waals surface area contributed by atoms with Crippen molar-refractivity contribution in [2.24, 2.45) is 11.8 Å². The molecule has 0 aliphatic heterocycles. The average molecular weight is 228 g/mol. The summed E-state index contributed by atoms with van der Waals surface area (Å²) in [5.74, 6) is 0.502. The predicted molar refractivity (Wildman–Crippen MR) is 60.2 cm³/mol. The van der Waals surface area contributed by atoms with E-state index in [2.05, 4.69) is 17.6 Å². The number of hydrogen-bond donors (Lipinski definition) is 3. The molecule has 1 rings (SSSR count). The summed E-state index contributed by atoms with van der Waals surface area (Å²) in [4.78, 5) is 21.5. The number of carbonyl (C=O) groups is 2. The molecule has 0 saturated heterocycles. The first-order valence-electron chi connectivity index (χ1n) is 5.83. The van der Waals surface area contributed by atoms with E-state index in [4.69, 9.17) is 5.11 Å². The van der Waals surface area contributed by atoms with Gasteiger partial charge in [-0.05, 0) is 31.1 Å². The highest BCUT2D eigenvalue weighted by Crippen LogP contribution is 2.35. The van der Waals surface area contributed by atoms with Crippen molar-refractivity contribution in [2.45, 2.75) is 32.6 Å². The van der Waals surface area contributed by atoms with E-state index < -0.39 is 5.97 Å². The van der Waals surface area contributed by atoms with E-state index in [-0.39, 0.29) is 12.5 Å². The monoisotopic (exact) mass is 228 g/mol. The van der Waals surface area contributed by atoms with E-state index >= 15 is 0 Å². The molecule has 5 nitrogen and oxygen atoms in total. The third kappa shape index (κ3) is 5.58. The van der Waals surface area contributed by atoms with Crippen molar-refractivity contribution < 1.29 is 14.7 Å². The first kappa shape index (κ1) is 12.8. The van der Waals surface area contributed by atoms with Crippen molar-refractivity contribution in [3.63, 3.8) is 0 Å². The Morgan fingerprint density at radius 2 is 2.06 bits per heavy atom. The number of carbonyl (C=O) groups excluding carboxylic acids is 1. The lowest BCUT2D eigenvalue weighted by Crippen LogP contribution is -2.38. The molecule has 2 amide bonds. The fourth-order valence-corrected chi connectivity index (χ4v) is 1.59. The van der Waals surface area contributed by atoms with Crippen molar-refractivity contribution in [3.8, 4) is 0 Å². The zero-order valence-electron chi connectivity index (χ0n) is 9.66. The largest absolute Gasteiger partial charge is 0.481 e. The van der Waals surface area contributed by atoms with Crippen LogP contribution in [0.3, 0.4) is 0 Å². The van der Waals surface area contributed by atoms with E-state index in [1.165, 1.54) is 12.8 Å². The van der Waals surface area contributed by atoms with Gasteiger partial charge in [-0.15, -0.1) is 0 Å². The van der Waals surface area contributed by atoms with Gasteiger partial charge < -0.3 is 15.7 Å². The van der Waals surface area contributed by atoms with Crippen LogP contribution in [-0.2, 0) is 4.79 Å². The zero-order valence-corrected chi connectivity index (χ0v) is 9.66. The highest BCUT2D eigenvalue weighted by molar-refractivity contribution is 5.73.